The molecule has 140 valence electrons. The minimum atomic E-state index is -0.0284. The number of anilines is 2. The molecule has 1 N–H and O–H groups in total. The number of carbonyl (C=O) groups is 1. The molecule has 27 heavy (non-hydrogen) atoms. The van der Waals surface area contributed by atoms with E-state index >= 15 is 0 Å². The van der Waals surface area contributed by atoms with Crippen LogP contribution in [0.1, 0.15) is 17.5 Å². The van der Waals surface area contributed by atoms with Crippen LogP contribution in [0, 0.1) is 0 Å². The van der Waals surface area contributed by atoms with Gasteiger partial charge < -0.3 is 10.2 Å². The Bertz CT molecular complexity index is 854. The third-order valence-corrected chi connectivity index (χ3v) is 5.31. The third-order valence-electron chi connectivity index (χ3n) is 5.11. The van der Waals surface area contributed by atoms with Gasteiger partial charge in [-0.3, -0.25) is 9.69 Å². The van der Waals surface area contributed by atoms with Crippen LogP contribution in [0.2, 0.25) is 5.02 Å². The number of amides is 1. The Kier molecular flexibility index (Phi) is 5.09. The smallest absolute Gasteiger partial charge is 0.250 e. The van der Waals surface area contributed by atoms with Crippen LogP contribution in [0.15, 0.2) is 43.2 Å². The molecule has 1 saturated heterocycles. The molecule has 2 aromatic rings. The van der Waals surface area contributed by atoms with Gasteiger partial charge in [0, 0.05) is 37.9 Å². The van der Waals surface area contributed by atoms with Crippen LogP contribution >= 0.6 is 11.6 Å². The molecule has 0 saturated carbocycles. The van der Waals surface area contributed by atoms with Crippen molar-refractivity contribution in [1.82, 2.24) is 14.9 Å². The molecule has 1 atom stereocenters. The van der Waals surface area contributed by atoms with Gasteiger partial charge in [0.2, 0.25) is 11.9 Å². The van der Waals surface area contributed by atoms with Gasteiger partial charge in [-0.1, -0.05) is 30.3 Å². The maximum atomic E-state index is 11.9. The lowest BCUT2D eigenvalue weighted by Gasteiger charge is -2.18. The molecule has 6 nitrogen and oxygen atoms in total. The predicted octanol–water partition coefficient (Wildman–Crippen LogP) is 2.89. The fraction of sp³-hybridized carbons (Fsp3) is 0.350. The van der Waals surface area contributed by atoms with Gasteiger partial charge in [0.05, 0.1) is 17.4 Å². The van der Waals surface area contributed by atoms with Crippen molar-refractivity contribution in [3.63, 3.8) is 0 Å². The van der Waals surface area contributed by atoms with E-state index in [2.05, 4.69) is 45.0 Å². The summed E-state index contributed by atoms with van der Waals surface area (Å²) in [5.74, 6) is 0.593. The van der Waals surface area contributed by atoms with E-state index < -0.39 is 0 Å². The van der Waals surface area contributed by atoms with Gasteiger partial charge in [0.15, 0.2) is 0 Å². The summed E-state index contributed by atoms with van der Waals surface area (Å²) in [6, 6.07) is 6.75. The first-order valence-electron chi connectivity index (χ1n) is 9.14. The molecule has 1 aromatic carbocycles. The second-order valence-electron chi connectivity index (χ2n) is 7.00. The van der Waals surface area contributed by atoms with E-state index in [9.17, 15) is 4.79 Å². The van der Waals surface area contributed by atoms with Crippen LogP contribution in [-0.2, 0) is 17.8 Å². The van der Waals surface area contributed by atoms with Crippen LogP contribution in [0.3, 0.4) is 0 Å². The summed E-state index contributed by atoms with van der Waals surface area (Å²) in [5.41, 5.74) is 3.54. The van der Waals surface area contributed by atoms with E-state index in [1.54, 1.807) is 17.3 Å². The highest BCUT2D eigenvalue weighted by molar-refractivity contribution is 6.30. The largest absolute Gasteiger partial charge is 0.350 e. The topological polar surface area (TPSA) is 61.4 Å². The minimum Gasteiger partial charge on any atom is -0.350 e. The normalized spacial score (nSPS) is 19.1. The van der Waals surface area contributed by atoms with E-state index in [1.807, 2.05) is 0 Å². The second kappa shape index (κ2) is 7.66. The van der Waals surface area contributed by atoms with Gasteiger partial charge in [-0.05, 0) is 36.1 Å². The Morgan fingerprint density at radius 2 is 2.15 bits per heavy atom. The highest BCUT2D eigenvalue weighted by Crippen LogP contribution is 2.30. The van der Waals surface area contributed by atoms with Crippen molar-refractivity contribution in [3.8, 4) is 0 Å². The Morgan fingerprint density at radius 3 is 2.93 bits per heavy atom. The van der Waals surface area contributed by atoms with Gasteiger partial charge in [0.1, 0.15) is 0 Å². The molecule has 0 spiro atoms. The summed E-state index contributed by atoms with van der Waals surface area (Å²) in [6.07, 6.45) is 6.55. The molecule has 1 aromatic heterocycles. The molecule has 0 aliphatic carbocycles. The lowest BCUT2D eigenvalue weighted by atomic mass is 10.1. The number of fused-ring (bicyclic) bond motifs is 1. The summed E-state index contributed by atoms with van der Waals surface area (Å²) in [4.78, 5) is 24.6. The number of hydrogen-bond donors (Lipinski definition) is 1. The summed E-state index contributed by atoms with van der Waals surface area (Å²) >= 11 is 5.83. The fourth-order valence-corrected chi connectivity index (χ4v) is 3.91. The number of hydrogen-bond acceptors (Lipinski definition) is 5. The summed E-state index contributed by atoms with van der Waals surface area (Å²) in [5, 5.41) is 3.91. The highest BCUT2D eigenvalue weighted by atomic mass is 35.5. The summed E-state index contributed by atoms with van der Waals surface area (Å²) in [7, 11) is 0. The molecular formula is C20H22ClN5O. The number of halogens is 1. The van der Waals surface area contributed by atoms with Crippen molar-refractivity contribution >= 4 is 29.1 Å². The zero-order valence-electron chi connectivity index (χ0n) is 15.1. The third kappa shape index (κ3) is 3.96. The van der Waals surface area contributed by atoms with E-state index in [1.165, 1.54) is 17.2 Å². The van der Waals surface area contributed by atoms with Gasteiger partial charge in [-0.15, -0.1) is 0 Å². The second-order valence-corrected chi connectivity index (χ2v) is 7.43. The first-order chi connectivity index (χ1) is 13.1. The fourth-order valence-electron chi connectivity index (χ4n) is 3.81. The molecule has 2 aliphatic heterocycles. The first kappa shape index (κ1) is 17.9. The molecule has 0 unspecified atom stereocenters. The molecule has 2 aliphatic rings. The van der Waals surface area contributed by atoms with Crippen LogP contribution in [0.5, 0.6) is 0 Å². The molecule has 3 heterocycles. The number of benzene rings is 1. The molecule has 4 rings (SSSR count). The van der Waals surface area contributed by atoms with Gasteiger partial charge in [-0.2, -0.15) is 0 Å². The average molecular weight is 384 g/mol. The monoisotopic (exact) mass is 383 g/mol. The average Bonchev–Trinajstić information content (AvgIpc) is 3.29. The van der Waals surface area contributed by atoms with Crippen molar-refractivity contribution in [3.05, 3.63) is 59.4 Å². The zero-order chi connectivity index (χ0) is 18.8. The number of carbonyl (C=O) groups excluding carboxylic acids is 1. The number of likely N-dealkylation sites (tertiary alicyclic amines) is 1. The van der Waals surface area contributed by atoms with E-state index in [0.29, 0.717) is 17.0 Å². The van der Waals surface area contributed by atoms with E-state index in [-0.39, 0.29) is 5.91 Å². The Labute approximate surface area is 163 Å². The van der Waals surface area contributed by atoms with Crippen molar-refractivity contribution in [2.24, 2.45) is 0 Å². The van der Waals surface area contributed by atoms with Crippen LogP contribution in [0.4, 0.5) is 11.6 Å². The highest BCUT2D eigenvalue weighted by Gasteiger charge is 2.25. The summed E-state index contributed by atoms with van der Waals surface area (Å²) in [6.45, 7) is 7.21. The minimum absolute atomic E-state index is 0.0284. The van der Waals surface area contributed by atoms with Crippen molar-refractivity contribution in [1.29, 1.82) is 0 Å². The number of rotatable bonds is 5. The maximum absolute atomic E-state index is 11.9. The van der Waals surface area contributed by atoms with Gasteiger partial charge in [0.25, 0.3) is 0 Å². The van der Waals surface area contributed by atoms with E-state index in [4.69, 9.17) is 11.6 Å². The lowest BCUT2D eigenvalue weighted by molar-refractivity contribution is -0.114. The first-order valence-corrected chi connectivity index (χ1v) is 9.52. The van der Waals surface area contributed by atoms with Crippen LogP contribution < -0.4 is 10.2 Å². The van der Waals surface area contributed by atoms with Gasteiger partial charge >= 0.3 is 0 Å². The zero-order valence-corrected chi connectivity index (χ0v) is 15.8. The number of nitrogens with zero attached hydrogens (tertiary/aromatic N) is 4. The molecule has 1 fully saturated rings. The molecular weight excluding hydrogens is 362 g/mol. The van der Waals surface area contributed by atoms with Crippen molar-refractivity contribution in [2.75, 3.05) is 29.9 Å². The quantitative estimate of drug-likeness (QED) is 0.804. The Morgan fingerprint density at radius 1 is 1.33 bits per heavy atom. The van der Waals surface area contributed by atoms with Crippen molar-refractivity contribution in [2.45, 2.75) is 25.4 Å². The lowest BCUT2D eigenvalue weighted by Crippen LogP contribution is -2.27. The molecule has 1 amide bonds. The number of nitrogens with one attached hydrogen (secondary N) is 1. The van der Waals surface area contributed by atoms with Crippen LogP contribution in [-0.4, -0.2) is 46.5 Å². The molecule has 7 heteroatoms. The number of aromatic nitrogens is 2. The van der Waals surface area contributed by atoms with Crippen LogP contribution in [0.25, 0.3) is 0 Å². The SMILES string of the molecule is C=CC(=O)N1CCc2cc(CN3CC[C@@H](Nc4ncc(Cl)cn4)C3)ccc21. The molecule has 0 radical (unpaired) electrons. The standard InChI is InChI=1S/C20H22ClN5O/c1-2-19(27)26-8-5-15-9-14(3-4-18(15)26)12-25-7-6-17(13-25)24-20-22-10-16(21)11-23-20/h2-4,9-11,17H,1,5-8,12-13H2,(H,22,23,24)/t17-/m1/s1. The van der Waals surface area contributed by atoms with Gasteiger partial charge in [-0.25, -0.2) is 9.97 Å². The Hall–Kier alpha value is -2.44. The Balaban J connectivity index is 1.36. The van der Waals surface area contributed by atoms with Crippen molar-refractivity contribution < 1.29 is 4.79 Å². The predicted molar refractivity (Wildman–Crippen MR) is 107 cm³/mol. The molecule has 0 bridgehead atoms. The summed E-state index contributed by atoms with van der Waals surface area (Å²) < 4.78 is 0. The maximum Gasteiger partial charge on any atom is 0.250 e. The van der Waals surface area contributed by atoms with E-state index in [0.717, 1.165) is 44.7 Å².